The van der Waals surface area contributed by atoms with Gasteiger partial charge in [0.05, 0.1) is 6.04 Å². The Bertz CT molecular complexity index is 631. The third-order valence-corrected chi connectivity index (χ3v) is 4.58. The third kappa shape index (κ3) is 6.38. The Kier molecular flexibility index (Phi) is 7.86. The van der Waals surface area contributed by atoms with Crippen molar-refractivity contribution in [2.75, 3.05) is 17.3 Å². The minimum atomic E-state index is -0.445. The van der Waals surface area contributed by atoms with Crippen molar-refractivity contribution >= 4 is 23.4 Å². The van der Waals surface area contributed by atoms with Gasteiger partial charge in [-0.05, 0) is 61.0 Å². The summed E-state index contributed by atoms with van der Waals surface area (Å²) in [6.45, 7) is 0. The minimum Gasteiger partial charge on any atom is -0.325 e. The number of aryl methyl sites for hydroxylation is 2. The van der Waals surface area contributed by atoms with E-state index in [-0.39, 0.29) is 5.91 Å². The van der Waals surface area contributed by atoms with E-state index in [1.807, 2.05) is 30.5 Å². The number of anilines is 1. The van der Waals surface area contributed by atoms with Crippen LogP contribution < -0.4 is 11.1 Å². The Morgan fingerprint density at radius 1 is 1.08 bits per heavy atom. The molecular weight excluding hydrogens is 316 g/mol. The predicted molar refractivity (Wildman–Crippen MR) is 105 cm³/mol. The monoisotopic (exact) mass is 342 g/mol. The van der Waals surface area contributed by atoms with Gasteiger partial charge in [-0.1, -0.05) is 42.5 Å². The Hall–Kier alpha value is -1.78. The van der Waals surface area contributed by atoms with Crippen LogP contribution in [0.3, 0.4) is 0 Å². The van der Waals surface area contributed by atoms with Crippen LogP contribution in [0, 0.1) is 0 Å². The van der Waals surface area contributed by atoms with Crippen LogP contribution in [0.2, 0.25) is 0 Å². The first kappa shape index (κ1) is 18.6. The quantitative estimate of drug-likeness (QED) is 0.727. The van der Waals surface area contributed by atoms with Crippen LogP contribution in [0.5, 0.6) is 0 Å². The second-order valence-corrected chi connectivity index (χ2v) is 6.90. The molecule has 0 saturated heterocycles. The fraction of sp³-hybridized carbons (Fsp3) is 0.350. The van der Waals surface area contributed by atoms with Crippen LogP contribution in [0.25, 0.3) is 0 Å². The van der Waals surface area contributed by atoms with E-state index in [0.29, 0.717) is 6.42 Å². The lowest BCUT2D eigenvalue weighted by Gasteiger charge is -2.12. The second kappa shape index (κ2) is 10.2. The maximum absolute atomic E-state index is 12.1. The summed E-state index contributed by atoms with van der Waals surface area (Å²) in [5.41, 5.74) is 9.34. The molecule has 3 nitrogen and oxygen atoms in total. The van der Waals surface area contributed by atoms with Crippen LogP contribution in [0.15, 0.2) is 54.6 Å². The molecule has 0 aliphatic rings. The number of rotatable bonds is 9. The van der Waals surface area contributed by atoms with E-state index in [4.69, 9.17) is 5.73 Å². The van der Waals surface area contributed by atoms with Crippen molar-refractivity contribution in [1.29, 1.82) is 0 Å². The van der Waals surface area contributed by atoms with Crippen molar-refractivity contribution in [2.24, 2.45) is 5.73 Å². The van der Waals surface area contributed by atoms with E-state index >= 15 is 0 Å². The third-order valence-electron chi connectivity index (χ3n) is 3.94. The van der Waals surface area contributed by atoms with Crippen LogP contribution in [0.1, 0.15) is 24.0 Å². The van der Waals surface area contributed by atoms with E-state index in [1.54, 1.807) is 11.8 Å². The highest BCUT2D eigenvalue weighted by Gasteiger charge is 2.13. The molecule has 24 heavy (non-hydrogen) atoms. The minimum absolute atomic E-state index is 0.106. The number of carbonyl (C=O) groups is 1. The van der Waals surface area contributed by atoms with Gasteiger partial charge in [-0.25, -0.2) is 0 Å². The predicted octanol–water partition coefficient (Wildman–Crippen LogP) is 3.88. The van der Waals surface area contributed by atoms with Crippen molar-refractivity contribution in [2.45, 2.75) is 31.7 Å². The molecule has 1 amide bonds. The fourth-order valence-electron chi connectivity index (χ4n) is 2.56. The van der Waals surface area contributed by atoms with Gasteiger partial charge in [0.25, 0.3) is 0 Å². The Balaban J connectivity index is 1.83. The van der Waals surface area contributed by atoms with Crippen LogP contribution >= 0.6 is 11.8 Å². The smallest absolute Gasteiger partial charge is 0.241 e. The first-order valence-electron chi connectivity index (χ1n) is 8.37. The highest BCUT2D eigenvalue weighted by atomic mass is 32.2. The molecule has 0 spiro atoms. The number of nitrogens with one attached hydrogen (secondary N) is 1. The molecule has 128 valence electrons. The van der Waals surface area contributed by atoms with E-state index in [1.165, 1.54) is 11.1 Å². The van der Waals surface area contributed by atoms with Gasteiger partial charge in [0.15, 0.2) is 0 Å². The molecule has 2 aromatic rings. The molecule has 0 unspecified atom stereocenters. The number of amides is 1. The molecule has 2 rings (SSSR count). The van der Waals surface area contributed by atoms with Gasteiger partial charge in [0.1, 0.15) is 0 Å². The fourth-order valence-corrected chi connectivity index (χ4v) is 3.05. The number of nitrogens with two attached hydrogens (primary N) is 1. The highest BCUT2D eigenvalue weighted by Crippen LogP contribution is 2.14. The first-order valence-corrected chi connectivity index (χ1v) is 9.76. The summed E-state index contributed by atoms with van der Waals surface area (Å²) in [5.74, 6) is 0.791. The summed E-state index contributed by atoms with van der Waals surface area (Å²) < 4.78 is 0. The molecule has 0 aromatic heterocycles. The van der Waals surface area contributed by atoms with Crippen LogP contribution in [0.4, 0.5) is 5.69 Å². The number of carbonyl (C=O) groups excluding carboxylic acids is 1. The van der Waals surface area contributed by atoms with Crippen molar-refractivity contribution in [3.05, 3.63) is 65.7 Å². The molecule has 2 aromatic carbocycles. The SMILES string of the molecule is CSCC[C@H](N)C(=O)Nc1cccc(CCCc2ccccc2)c1. The van der Waals surface area contributed by atoms with Gasteiger partial charge in [0.2, 0.25) is 5.91 Å². The molecule has 3 N–H and O–H groups in total. The molecule has 0 aliphatic heterocycles. The lowest BCUT2D eigenvalue weighted by Crippen LogP contribution is -2.36. The second-order valence-electron chi connectivity index (χ2n) is 5.92. The van der Waals surface area contributed by atoms with Gasteiger partial charge in [0, 0.05) is 5.69 Å². The maximum Gasteiger partial charge on any atom is 0.241 e. The van der Waals surface area contributed by atoms with E-state index < -0.39 is 6.04 Å². The van der Waals surface area contributed by atoms with Crippen molar-refractivity contribution in [1.82, 2.24) is 0 Å². The van der Waals surface area contributed by atoms with E-state index in [2.05, 4.69) is 35.6 Å². The standard InChI is InChI=1S/C20H26N2OS/c1-24-14-13-19(21)20(23)22-18-12-6-11-17(15-18)10-5-9-16-7-3-2-4-8-16/h2-4,6-8,11-12,15,19H,5,9-10,13-14,21H2,1H3,(H,22,23)/t19-/m0/s1. The van der Waals surface area contributed by atoms with Gasteiger partial charge in [-0.3, -0.25) is 4.79 Å². The summed E-state index contributed by atoms with van der Waals surface area (Å²) in [7, 11) is 0. The summed E-state index contributed by atoms with van der Waals surface area (Å²) in [4.78, 5) is 12.1. The lowest BCUT2D eigenvalue weighted by molar-refractivity contribution is -0.117. The van der Waals surface area contributed by atoms with Crippen LogP contribution in [-0.4, -0.2) is 24.0 Å². The van der Waals surface area contributed by atoms with Crippen molar-refractivity contribution in [3.8, 4) is 0 Å². The Labute approximate surface area is 149 Å². The molecular formula is C20H26N2OS. The van der Waals surface area contributed by atoms with Crippen LogP contribution in [-0.2, 0) is 17.6 Å². The topological polar surface area (TPSA) is 55.1 Å². The van der Waals surface area contributed by atoms with Crippen molar-refractivity contribution in [3.63, 3.8) is 0 Å². The van der Waals surface area contributed by atoms with E-state index in [0.717, 1.165) is 30.7 Å². The average Bonchev–Trinajstić information content (AvgIpc) is 2.61. The Morgan fingerprint density at radius 3 is 2.54 bits per heavy atom. The lowest BCUT2D eigenvalue weighted by atomic mass is 10.0. The van der Waals surface area contributed by atoms with Gasteiger partial charge in [-0.2, -0.15) is 11.8 Å². The highest BCUT2D eigenvalue weighted by molar-refractivity contribution is 7.98. The zero-order valence-corrected chi connectivity index (χ0v) is 15.0. The molecule has 0 bridgehead atoms. The summed E-state index contributed by atoms with van der Waals surface area (Å²) in [6.07, 6.45) is 5.87. The average molecular weight is 343 g/mol. The molecule has 1 atom stereocenters. The normalized spacial score (nSPS) is 11.9. The molecule has 0 heterocycles. The number of hydrogen-bond donors (Lipinski definition) is 2. The molecule has 0 saturated carbocycles. The van der Waals surface area contributed by atoms with Gasteiger partial charge in [-0.15, -0.1) is 0 Å². The van der Waals surface area contributed by atoms with E-state index in [9.17, 15) is 4.79 Å². The summed E-state index contributed by atoms with van der Waals surface area (Å²) in [5, 5.41) is 2.93. The largest absolute Gasteiger partial charge is 0.325 e. The van der Waals surface area contributed by atoms with Crippen molar-refractivity contribution < 1.29 is 4.79 Å². The molecule has 0 fully saturated rings. The van der Waals surface area contributed by atoms with Gasteiger partial charge < -0.3 is 11.1 Å². The zero-order valence-electron chi connectivity index (χ0n) is 14.2. The zero-order chi connectivity index (χ0) is 17.2. The molecule has 4 heteroatoms. The molecule has 0 aliphatic carbocycles. The van der Waals surface area contributed by atoms with Gasteiger partial charge >= 0.3 is 0 Å². The maximum atomic E-state index is 12.1. The Morgan fingerprint density at radius 2 is 1.79 bits per heavy atom. The summed E-state index contributed by atoms with van der Waals surface area (Å²) >= 11 is 1.70. The summed E-state index contributed by atoms with van der Waals surface area (Å²) in [6, 6.07) is 18.1. The first-order chi connectivity index (χ1) is 11.7. The molecule has 0 radical (unpaired) electrons. The number of hydrogen-bond acceptors (Lipinski definition) is 3. The number of thioether (sulfide) groups is 1. The number of benzene rings is 2.